The highest BCUT2D eigenvalue weighted by molar-refractivity contribution is 5.75. The van der Waals surface area contributed by atoms with Crippen LogP contribution in [-0.2, 0) is 13.1 Å². The molecule has 3 aromatic rings. The van der Waals surface area contributed by atoms with Crippen LogP contribution in [0, 0.1) is 12.7 Å². The maximum atomic E-state index is 13.8. The first-order valence-corrected chi connectivity index (χ1v) is 8.55. The van der Waals surface area contributed by atoms with Gasteiger partial charge in [-0.05, 0) is 32.5 Å². The molecule has 0 unspecified atom stereocenters. The Morgan fingerprint density at radius 2 is 2.32 bits per heavy atom. The van der Waals surface area contributed by atoms with Gasteiger partial charge in [-0.15, -0.1) is 0 Å². The average molecular weight is 343 g/mol. The highest BCUT2D eigenvalue weighted by Crippen LogP contribution is 2.20. The second kappa shape index (κ2) is 6.57. The first-order valence-electron chi connectivity index (χ1n) is 8.55. The van der Waals surface area contributed by atoms with Gasteiger partial charge < -0.3 is 9.40 Å². The van der Waals surface area contributed by atoms with Gasteiger partial charge in [0.25, 0.3) is 0 Å². The number of hydrogen-bond acceptors (Lipinski definition) is 5. The minimum Gasteiger partial charge on any atom is -0.445 e. The molecule has 6 nitrogen and oxygen atoms in total. The molecule has 0 radical (unpaired) electrons. The van der Waals surface area contributed by atoms with Crippen LogP contribution in [0.15, 0.2) is 28.8 Å². The molecule has 0 bridgehead atoms. The second-order valence-corrected chi connectivity index (χ2v) is 6.78. The van der Waals surface area contributed by atoms with Crippen molar-refractivity contribution in [3.05, 3.63) is 47.7 Å². The minimum absolute atomic E-state index is 0.278. The van der Waals surface area contributed by atoms with Crippen LogP contribution >= 0.6 is 0 Å². The topological polar surface area (TPSA) is 61.2 Å². The summed E-state index contributed by atoms with van der Waals surface area (Å²) in [6.45, 7) is 5.28. The number of benzene rings is 1. The van der Waals surface area contributed by atoms with Crippen LogP contribution in [0.4, 0.5) is 4.39 Å². The quantitative estimate of drug-likeness (QED) is 0.772. The van der Waals surface area contributed by atoms with Crippen molar-refractivity contribution >= 4 is 11.0 Å². The van der Waals surface area contributed by atoms with Crippen LogP contribution < -0.4 is 0 Å². The lowest BCUT2D eigenvalue weighted by atomic mass is 10.2. The standard InChI is InChI=1S/C18H22FN5O/c1-12-8-20-17(25-12)11-23(2)13-6-7-24(9-13)10-16-21-15-5-3-4-14(19)18(15)22-16/h3-5,8,13H,6-7,9-11H2,1-2H3,(H,21,22)/t13-/m1/s1. The Kier molecular flexibility index (Phi) is 4.27. The number of aryl methyl sites for hydroxylation is 1. The van der Waals surface area contributed by atoms with Crippen molar-refractivity contribution in [1.82, 2.24) is 24.8 Å². The van der Waals surface area contributed by atoms with E-state index in [1.807, 2.05) is 13.0 Å². The summed E-state index contributed by atoms with van der Waals surface area (Å²) in [4.78, 5) is 16.5. The van der Waals surface area contributed by atoms with Crippen molar-refractivity contribution in [2.24, 2.45) is 0 Å². The first-order chi connectivity index (χ1) is 12.1. The molecule has 1 atom stereocenters. The fourth-order valence-corrected chi connectivity index (χ4v) is 3.47. The summed E-state index contributed by atoms with van der Waals surface area (Å²) in [7, 11) is 2.10. The lowest BCUT2D eigenvalue weighted by Crippen LogP contribution is -2.34. The largest absolute Gasteiger partial charge is 0.445 e. The van der Waals surface area contributed by atoms with Crippen LogP contribution in [0.2, 0.25) is 0 Å². The van der Waals surface area contributed by atoms with Crippen molar-refractivity contribution < 1.29 is 8.81 Å². The van der Waals surface area contributed by atoms with Gasteiger partial charge in [0.1, 0.15) is 17.1 Å². The van der Waals surface area contributed by atoms with Crippen molar-refractivity contribution in [3.8, 4) is 0 Å². The maximum absolute atomic E-state index is 13.8. The zero-order chi connectivity index (χ0) is 17.4. The lowest BCUT2D eigenvalue weighted by molar-refractivity contribution is 0.203. The molecular weight excluding hydrogens is 321 g/mol. The zero-order valence-corrected chi connectivity index (χ0v) is 14.5. The van der Waals surface area contributed by atoms with E-state index < -0.39 is 0 Å². The number of H-pyrrole nitrogens is 1. The molecular formula is C18H22FN5O. The molecule has 1 N–H and O–H groups in total. The van der Waals surface area contributed by atoms with Crippen LogP contribution in [0.1, 0.15) is 23.9 Å². The third-order valence-electron chi connectivity index (χ3n) is 4.81. The molecule has 1 aliphatic rings. The molecule has 4 rings (SSSR count). The molecule has 0 saturated carbocycles. The number of nitrogens with one attached hydrogen (secondary N) is 1. The number of likely N-dealkylation sites (N-methyl/N-ethyl adjacent to an activating group) is 1. The van der Waals surface area contributed by atoms with E-state index in [1.165, 1.54) is 6.07 Å². The van der Waals surface area contributed by atoms with Gasteiger partial charge in [-0.1, -0.05) is 6.07 Å². The van der Waals surface area contributed by atoms with Gasteiger partial charge in [-0.3, -0.25) is 9.80 Å². The molecule has 1 aliphatic heterocycles. The number of imidazole rings is 1. The number of aromatic amines is 1. The molecule has 1 saturated heterocycles. The Hall–Kier alpha value is -2.25. The number of fused-ring (bicyclic) bond motifs is 1. The van der Waals surface area contributed by atoms with E-state index in [0.29, 0.717) is 24.6 Å². The van der Waals surface area contributed by atoms with Gasteiger partial charge >= 0.3 is 0 Å². The summed E-state index contributed by atoms with van der Waals surface area (Å²) in [5.74, 6) is 2.13. The molecule has 7 heteroatoms. The van der Waals surface area contributed by atoms with Crippen LogP contribution in [-0.4, -0.2) is 50.9 Å². The fraction of sp³-hybridized carbons (Fsp3) is 0.444. The smallest absolute Gasteiger partial charge is 0.208 e. The molecule has 3 heterocycles. The van der Waals surface area contributed by atoms with E-state index in [2.05, 4.69) is 31.8 Å². The first kappa shape index (κ1) is 16.2. The molecule has 2 aromatic heterocycles. The number of likely N-dealkylation sites (tertiary alicyclic amines) is 1. The predicted molar refractivity (Wildman–Crippen MR) is 92.4 cm³/mol. The normalized spacial score (nSPS) is 18.6. The van der Waals surface area contributed by atoms with E-state index in [4.69, 9.17) is 4.42 Å². The molecule has 1 aromatic carbocycles. The van der Waals surface area contributed by atoms with Crippen molar-refractivity contribution in [1.29, 1.82) is 0 Å². The Labute approximate surface area is 145 Å². The van der Waals surface area contributed by atoms with Gasteiger partial charge in [0.15, 0.2) is 5.82 Å². The summed E-state index contributed by atoms with van der Waals surface area (Å²) in [6, 6.07) is 5.45. The predicted octanol–water partition coefficient (Wildman–Crippen LogP) is 2.70. The molecule has 25 heavy (non-hydrogen) atoms. The average Bonchev–Trinajstić information content (AvgIpc) is 3.28. The highest BCUT2D eigenvalue weighted by Gasteiger charge is 2.27. The van der Waals surface area contributed by atoms with Gasteiger partial charge in [0, 0.05) is 19.1 Å². The van der Waals surface area contributed by atoms with E-state index in [1.54, 1.807) is 12.3 Å². The summed E-state index contributed by atoms with van der Waals surface area (Å²) >= 11 is 0. The van der Waals surface area contributed by atoms with E-state index >= 15 is 0 Å². The van der Waals surface area contributed by atoms with E-state index in [0.717, 1.165) is 42.5 Å². The van der Waals surface area contributed by atoms with Crippen molar-refractivity contribution in [3.63, 3.8) is 0 Å². The van der Waals surface area contributed by atoms with E-state index in [-0.39, 0.29) is 5.82 Å². The van der Waals surface area contributed by atoms with Gasteiger partial charge in [0.2, 0.25) is 5.89 Å². The maximum Gasteiger partial charge on any atom is 0.208 e. The minimum atomic E-state index is -0.278. The summed E-state index contributed by atoms with van der Waals surface area (Å²) < 4.78 is 19.3. The monoisotopic (exact) mass is 343 g/mol. The second-order valence-electron chi connectivity index (χ2n) is 6.78. The van der Waals surface area contributed by atoms with Crippen molar-refractivity contribution in [2.75, 3.05) is 20.1 Å². The van der Waals surface area contributed by atoms with Crippen LogP contribution in [0.5, 0.6) is 0 Å². The number of rotatable bonds is 5. The lowest BCUT2D eigenvalue weighted by Gasteiger charge is -2.23. The van der Waals surface area contributed by atoms with E-state index in [9.17, 15) is 4.39 Å². The van der Waals surface area contributed by atoms with Gasteiger partial charge in [0.05, 0.1) is 24.8 Å². The van der Waals surface area contributed by atoms with Crippen LogP contribution in [0.25, 0.3) is 11.0 Å². The number of oxazole rings is 1. The Morgan fingerprint density at radius 1 is 1.44 bits per heavy atom. The third-order valence-corrected chi connectivity index (χ3v) is 4.81. The number of aromatic nitrogens is 3. The summed E-state index contributed by atoms with van der Waals surface area (Å²) in [5, 5.41) is 0. The third kappa shape index (κ3) is 3.43. The number of hydrogen-bond donors (Lipinski definition) is 1. The molecule has 0 amide bonds. The fourth-order valence-electron chi connectivity index (χ4n) is 3.47. The van der Waals surface area contributed by atoms with Crippen molar-refractivity contribution in [2.45, 2.75) is 32.5 Å². The van der Waals surface area contributed by atoms with Gasteiger partial charge in [-0.2, -0.15) is 0 Å². The van der Waals surface area contributed by atoms with Crippen LogP contribution in [0.3, 0.4) is 0 Å². The Balaban J connectivity index is 1.37. The Morgan fingerprint density at radius 3 is 3.08 bits per heavy atom. The number of para-hydroxylation sites is 1. The molecule has 1 fully saturated rings. The number of nitrogens with zero attached hydrogens (tertiary/aromatic N) is 4. The van der Waals surface area contributed by atoms with Gasteiger partial charge in [-0.25, -0.2) is 14.4 Å². The summed E-state index contributed by atoms with van der Waals surface area (Å²) in [5.41, 5.74) is 1.17. The Bertz CT molecular complexity index is 873. The SMILES string of the molecule is Cc1cnc(CN(C)[C@@H]2CCN(Cc3nc4c(F)cccc4[nH]3)C2)o1. The summed E-state index contributed by atoms with van der Waals surface area (Å²) in [6.07, 6.45) is 2.84. The number of halogens is 1. The molecule has 132 valence electrons. The molecule has 0 spiro atoms. The molecule has 0 aliphatic carbocycles. The highest BCUT2D eigenvalue weighted by atomic mass is 19.1. The zero-order valence-electron chi connectivity index (χ0n) is 14.5.